The molecule has 7 heteroatoms. The highest BCUT2D eigenvalue weighted by Crippen LogP contribution is 2.37. The van der Waals surface area contributed by atoms with E-state index in [0.29, 0.717) is 22.7 Å². The van der Waals surface area contributed by atoms with E-state index in [-0.39, 0.29) is 12.5 Å². The van der Waals surface area contributed by atoms with E-state index in [4.69, 9.17) is 14.2 Å². The summed E-state index contributed by atoms with van der Waals surface area (Å²) in [5, 5.41) is 5.09. The van der Waals surface area contributed by atoms with Gasteiger partial charge >= 0.3 is 5.97 Å². The number of benzene rings is 2. The van der Waals surface area contributed by atoms with Gasteiger partial charge in [-0.15, -0.1) is 11.3 Å². The molecular weight excluding hydrogens is 438 g/mol. The molecule has 3 rings (SSSR count). The van der Waals surface area contributed by atoms with Crippen molar-refractivity contribution in [2.45, 2.75) is 20.3 Å². The van der Waals surface area contributed by atoms with E-state index >= 15 is 0 Å². The van der Waals surface area contributed by atoms with Crippen molar-refractivity contribution in [2.24, 2.45) is 0 Å². The molecule has 33 heavy (non-hydrogen) atoms. The van der Waals surface area contributed by atoms with Crippen molar-refractivity contribution < 1.29 is 23.8 Å². The van der Waals surface area contributed by atoms with Gasteiger partial charge in [0.2, 0.25) is 5.91 Å². The lowest BCUT2D eigenvalue weighted by Crippen LogP contribution is -2.12. The van der Waals surface area contributed by atoms with Gasteiger partial charge in [-0.2, -0.15) is 0 Å². The minimum Gasteiger partial charge on any atom is -0.497 e. The molecule has 0 saturated carbocycles. The highest BCUT2D eigenvalue weighted by Gasteiger charge is 2.22. The van der Waals surface area contributed by atoms with Crippen LogP contribution in [-0.4, -0.2) is 32.2 Å². The average molecular weight is 466 g/mol. The zero-order valence-electron chi connectivity index (χ0n) is 18.9. The van der Waals surface area contributed by atoms with Crippen LogP contribution in [0.5, 0.6) is 11.5 Å². The van der Waals surface area contributed by atoms with Gasteiger partial charge in [0.1, 0.15) is 22.1 Å². The van der Waals surface area contributed by atoms with Gasteiger partial charge < -0.3 is 19.5 Å². The second-order valence-electron chi connectivity index (χ2n) is 7.04. The molecule has 1 heterocycles. The topological polar surface area (TPSA) is 73.9 Å². The standard InChI is InChI=1S/C26H27NO5S/c1-4-16-32-21-11-6-18(7-12-21)8-15-23(28)27-25-24(26(29)31-5-2)22(17-33-25)19-9-13-20(30-3)14-10-19/h6-15,17H,4-5,16H2,1-3H3,(H,27,28)/b15-8+. The van der Waals surface area contributed by atoms with E-state index < -0.39 is 5.97 Å². The van der Waals surface area contributed by atoms with Crippen LogP contribution in [0.25, 0.3) is 17.2 Å². The lowest BCUT2D eigenvalue weighted by Gasteiger charge is -2.08. The predicted molar refractivity (Wildman–Crippen MR) is 132 cm³/mol. The number of carbonyl (C=O) groups is 2. The van der Waals surface area contributed by atoms with E-state index in [1.165, 1.54) is 17.4 Å². The van der Waals surface area contributed by atoms with Gasteiger partial charge in [0.25, 0.3) is 0 Å². The highest BCUT2D eigenvalue weighted by molar-refractivity contribution is 7.15. The molecule has 1 amide bonds. The Balaban J connectivity index is 1.77. The van der Waals surface area contributed by atoms with Crippen LogP contribution in [0.1, 0.15) is 36.2 Å². The molecule has 0 radical (unpaired) electrons. The van der Waals surface area contributed by atoms with Crippen LogP contribution >= 0.6 is 11.3 Å². The highest BCUT2D eigenvalue weighted by atomic mass is 32.1. The summed E-state index contributed by atoms with van der Waals surface area (Å²) >= 11 is 1.28. The number of thiophene rings is 1. The van der Waals surface area contributed by atoms with Gasteiger partial charge in [0.05, 0.1) is 20.3 Å². The molecular formula is C26H27NO5S. The maximum absolute atomic E-state index is 12.7. The normalized spacial score (nSPS) is 10.8. The van der Waals surface area contributed by atoms with Crippen LogP contribution in [0.2, 0.25) is 0 Å². The first-order valence-corrected chi connectivity index (χ1v) is 11.6. The second-order valence-corrected chi connectivity index (χ2v) is 7.92. The van der Waals surface area contributed by atoms with E-state index in [2.05, 4.69) is 12.2 Å². The predicted octanol–water partition coefficient (Wildman–Crippen LogP) is 6.04. The monoisotopic (exact) mass is 465 g/mol. The van der Waals surface area contributed by atoms with Crippen molar-refractivity contribution in [1.82, 2.24) is 0 Å². The summed E-state index contributed by atoms with van der Waals surface area (Å²) in [4.78, 5) is 25.3. The number of ether oxygens (including phenoxy) is 3. The van der Waals surface area contributed by atoms with Crippen molar-refractivity contribution in [3.63, 3.8) is 0 Å². The molecule has 0 atom stereocenters. The number of esters is 1. The molecule has 0 spiro atoms. The molecule has 3 aromatic rings. The number of amides is 1. The average Bonchev–Trinajstić information content (AvgIpc) is 3.25. The molecule has 0 aliphatic heterocycles. The third kappa shape index (κ3) is 6.46. The van der Waals surface area contributed by atoms with Crippen molar-refractivity contribution in [2.75, 3.05) is 25.6 Å². The second kappa shape index (κ2) is 11.9. The minimum atomic E-state index is -0.480. The van der Waals surface area contributed by atoms with Gasteiger partial charge in [-0.1, -0.05) is 31.2 Å². The maximum atomic E-state index is 12.7. The van der Waals surface area contributed by atoms with E-state index in [0.717, 1.165) is 29.0 Å². The Hall–Kier alpha value is -3.58. The molecule has 6 nitrogen and oxygen atoms in total. The van der Waals surface area contributed by atoms with Gasteiger partial charge in [-0.25, -0.2) is 4.79 Å². The molecule has 0 bridgehead atoms. The fourth-order valence-electron chi connectivity index (χ4n) is 3.06. The molecule has 0 aliphatic carbocycles. The van der Waals surface area contributed by atoms with E-state index in [1.807, 2.05) is 53.9 Å². The number of anilines is 1. The number of hydrogen-bond acceptors (Lipinski definition) is 6. The van der Waals surface area contributed by atoms with Crippen molar-refractivity contribution in [3.8, 4) is 22.6 Å². The maximum Gasteiger partial charge on any atom is 0.341 e. The Labute approximate surface area is 197 Å². The number of nitrogens with one attached hydrogen (secondary N) is 1. The molecule has 0 unspecified atom stereocenters. The summed E-state index contributed by atoms with van der Waals surface area (Å²) in [6.45, 7) is 4.70. The Kier molecular flexibility index (Phi) is 8.66. The Morgan fingerprint density at radius 1 is 1.00 bits per heavy atom. The summed E-state index contributed by atoms with van der Waals surface area (Å²) in [5.41, 5.74) is 2.73. The third-order valence-electron chi connectivity index (χ3n) is 4.69. The van der Waals surface area contributed by atoms with Crippen molar-refractivity contribution in [3.05, 3.63) is 71.1 Å². The quantitative estimate of drug-likeness (QED) is 0.292. The van der Waals surface area contributed by atoms with Crippen LogP contribution < -0.4 is 14.8 Å². The smallest absolute Gasteiger partial charge is 0.341 e. The van der Waals surface area contributed by atoms with Crippen LogP contribution in [0.15, 0.2) is 60.0 Å². The Morgan fingerprint density at radius 2 is 1.70 bits per heavy atom. The zero-order valence-corrected chi connectivity index (χ0v) is 19.7. The lowest BCUT2D eigenvalue weighted by atomic mass is 10.0. The van der Waals surface area contributed by atoms with Crippen LogP contribution in [0.3, 0.4) is 0 Å². The third-order valence-corrected chi connectivity index (χ3v) is 5.58. The van der Waals surface area contributed by atoms with Crippen LogP contribution in [0.4, 0.5) is 5.00 Å². The minimum absolute atomic E-state index is 0.238. The first-order valence-electron chi connectivity index (χ1n) is 10.7. The summed E-state index contributed by atoms with van der Waals surface area (Å²) < 4.78 is 16.0. The van der Waals surface area contributed by atoms with E-state index in [9.17, 15) is 9.59 Å². The number of methoxy groups -OCH3 is 1. The number of carbonyl (C=O) groups excluding carboxylic acids is 2. The fourth-order valence-corrected chi connectivity index (χ4v) is 4.02. The van der Waals surface area contributed by atoms with Gasteiger partial charge in [-0.3, -0.25) is 4.79 Å². The summed E-state index contributed by atoms with van der Waals surface area (Å²) in [6, 6.07) is 14.9. The fraction of sp³-hybridized carbons (Fsp3) is 0.231. The molecule has 1 aromatic heterocycles. The molecule has 0 aliphatic rings. The summed E-state index contributed by atoms with van der Waals surface area (Å²) in [5.74, 6) is 0.693. The molecule has 172 valence electrons. The van der Waals surface area contributed by atoms with Gasteiger partial charge in [0.15, 0.2) is 0 Å². The van der Waals surface area contributed by atoms with Gasteiger partial charge in [-0.05, 0) is 54.8 Å². The number of hydrogen-bond donors (Lipinski definition) is 1. The lowest BCUT2D eigenvalue weighted by molar-refractivity contribution is -0.111. The summed E-state index contributed by atoms with van der Waals surface area (Å²) in [7, 11) is 1.60. The van der Waals surface area contributed by atoms with Crippen LogP contribution in [0, 0.1) is 0 Å². The first kappa shape index (κ1) is 24.1. The molecule has 2 aromatic carbocycles. The molecule has 0 fully saturated rings. The number of rotatable bonds is 10. The van der Waals surface area contributed by atoms with Crippen molar-refractivity contribution >= 4 is 34.3 Å². The zero-order chi connectivity index (χ0) is 23.6. The van der Waals surface area contributed by atoms with Gasteiger partial charge in [0, 0.05) is 17.0 Å². The van der Waals surface area contributed by atoms with Crippen LogP contribution in [-0.2, 0) is 9.53 Å². The summed E-state index contributed by atoms with van der Waals surface area (Å²) in [6.07, 6.45) is 4.09. The first-order chi connectivity index (χ1) is 16.0. The van der Waals surface area contributed by atoms with Crippen molar-refractivity contribution in [1.29, 1.82) is 0 Å². The molecule has 1 N–H and O–H groups in total. The molecule has 0 saturated heterocycles. The Bertz CT molecular complexity index is 1100. The SMILES string of the molecule is CCCOc1ccc(/C=C/C(=O)Nc2scc(-c3ccc(OC)cc3)c2C(=O)OCC)cc1. The Morgan fingerprint density at radius 3 is 2.33 bits per heavy atom. The largest absolute Gasteiger partial charge is 0.497 e. The van der Waals surface area contributed by atoms with E-state index in [1.54, 1.807) is 20.1 Å².